The molecule has 0 unspecified atom stereocenters. The molecule has 0 aliphatic carbocycles. The number of hydrogen-bond acceptors (Lipinski definition) is 5. The summed E-state index contributed by atoms with van der Waals surface area (Å²) in [5.41, 5.74) is 1.19. The number of pyridine rings is 1. The van der Waals surface area contributed by atoms with E-state index in [-0.39, 0.29) is 30.8 Å². The van der Waals surface area contributed by atoms with E-state index in [1.807, 2.05) is 6.07 Å². The first kappa shape index (κ1) is 16.6. The monoisotopic (exact) mass is 336 g/mol. The minimum atomic E-state index is -0.501. The van der Waals surface area contributed by atoms with E-state index >= 15 is 0 Å². The molecule has 3 aromatic rings. The zero-order valence-corrected chi connectivity index (χ0v) is 13.4. The molecule has 0 saturated heterocycles. The topological polar surface area (TPSA) is 77.7 Å². The van der Waals surface area contributed by atoms with Crippen molar-refractivity contribution < 1.29 is 14.3 Å². The molecule has 6 nitrogen and oxygen atoms in total. The van der Waals surface area contributed by atoms with Gasteiger partial charge in [0.1, 0.15) is 12.3 Å². The van der Waals surface area contributed by atoms with Crippen molar-refractivity contribution in [1.82, 2.24) is 9.38 Å². The molecule has 0 N–H and O–H groups in total. The molecular formula is C19H16N2O4. The van der Waals surface area contributed by atoms with Crippen LogP contribution in [0.15, 0.2) is 65.6 Å². The van der Waals surface area contributed by atoms with E-state index in [0.29, 0.717) is 16.9 Å². The number of rotatable bonds is 6. The summed E-state index contributed by atoms with van der Waals surface area (Å²) in [5.74, 6) is -0.612. The van der Waals surface area contributed by atoms with Gasteiger partial charge in [0, 0.05) is 24.2 Å². The Morgan fingerprint density at radius 2 is 1.76 bits per heavy atom. The van der Waals surface area contributed by atoms with Crippen molar-refractivity contribution in [2.75, 3.05) is 0 Å². The lowest BCUT2D eigenvalue weighted by Crippen LogP contribution is -2.16. The van der Waals surface area contributed by atoms with E-state index < -0.39 is 5.97 Å². The number of ketones is 1. The van der Waals surface area contributed by atoms with Gasteiger partial charge in [-0.2, -0.15) is 0 Å². The fraction of sp³-hybridized carbons (Fsp3) is 0.158. The van der Waals surface area contributed by atoms with Crippen LogP contribution in [0.25, 0.3) is 5.65 Å². The molecule has 0 atom stereocenters. The SMILES string of the molecule is O=C(CCC(=O)c1ccccc1)OCc1cc(=O)n2ccccc2n1. The summed E-state index contributed by atoms with van der Waals surface area (Å²) in [7, 11) is 0. The lowest BCUT2D eigenvalue weighted by molar-refractivity contribution is -0.145. The van der Waals surface area contributed by atoms with Crippen molar-refractivity contribution in [3.8, 4) is 0 Å². The third kappa shape index (κ3) is 4.17. The van der Waals surface area contributed by atoms with E-state index in [2.05, 4.69) is 4.98 Å². The molecule has 0 aliphatic rings. The maximum Gasteiger partial charge on any atom is 0.306 e. The van der Waals surface area contributed by atoms with Crippen LogP contribution in [0.5, 0.6) is 0 Å². The maximum absolute atomic E-state index is 12.0. The zero-order valence-electron chi connectivity index (χ0n) is 13.4. The molecule has 2 aromatic heterocycles. The van der Waals surface area contributed by atoms with Gasteiger partial charge in [-0.15, -0.1) is 0 Å². The average Bonchev–Trinajstić information content (AvgIpc) is 2.65. The number of carbonyl (C=O) groups is 2. The van der Waals surface area contributed by atoms with E-state index in [4.69, 9.17) is 4.74 Å². The fourth-order valence-corrected chi connectivity index (χ4v) is 2.39. The molecule has 2 heterocycles. The fourth-order valence-electron chi connectivity index (χ4n) is 2.39. The van der Waals surface area contributed by atoms with Gasteiger partial charge in [-0.1, -0.05) is 36.4 Å². The van der Waals surface area contributed by atoms with Gasteiger partial charge < -0.3 is 4.74 Å². The van der Waals surface area contributed by atoms with Gasteiger partial charge >= 0.3 is 5.97 Å². The van der Waals surface area contributed by atoms with Crippen LogP contribution in [0.4, 0.5) is 0 Å². The number of ether oxygens (including phenoxy) is 1. The highest BCUT2D eigenvalue weighted by Crippen LogP contribution is 2.07. The normalized spacial score (nSPS) is 10.6. The van der Waals surface area contributed by atoms with Crippen molar-refractivity contribution in [3.05, 3.63) is 82.4 Å². The van der Waals surface area contributed by atoms with Crippen LogP contribution < -0.4 is 5.56 Å². The number of fused-ring (bicyclic) bond motifs is 1. The van der Waals surface area contributed by atoms with Crippen LogP contribution in [0.2, 0.25) is 0 Å². The summed E-state index contributed by atoms with van der Waals surface area (Å²) in [5, 5.41) is 0. The van der Waals surface area contributed by atoms with Crippen molar-refractivity contribution in [3.63, 3.8) is 0 Å². The Bertz CT molecular complexity index is 964. The Kier molecular flexibility index (Phi) is 4.99. The highest BCUT2D eigenvalue weighted by molar-refractivity contribution is 5.97. The van der Waals surface area contributed by atoms with Crippen molar-refractivity contribution in [2.24, 2.45) is 0 Å². The second-order valence-electron chi connectivity index (χ2n) is 5.46. The van der Waals surface area contributed by atoms with Gasteiger partial charge in [0.2, 0.25) is 0 Å². The predicted molar refractivity (Wildman–Crippen MR) is 91.3 cm³/mol. The first-order valence-corrected chi connectivity index (χ1v) is 7.85. The summed E-state index contributed by atoms with van der Waals surface area (Å²) in [6.07, 6.45) is 1.69. The van der Waals surface area contributed by atoms with Crippen molar-refractivity contribution in [2.45, 2.75) is 19.4 Å². The van der Waals surface area contributed by atoms with Gasteiger partial charge in [0.15, 0.2) is 5.78 Å². The maximum atomic E-state index is 12.0. The second-order valence-corrected chi connectivity index (χ2v) is 5.46. The highest BCUT2D eigenvalue weighted by atomic mass is 16.5. The van der Waals surface area contributed by atoms with Gasteiger partial charge in [0.25, 0.3) is 5.56 Å². The molecule has 0 spiro atoms. The number of benzene rings is 1. The van der Waals surface area contributed by atoms with Crippen LogP contribution in [-0.4, -0.2) is 21.1 Å². The average molecular weight is 336 g/mol. The lowest BCUT2D eigenvalue weighted by Gasteiger charge is -2.06. The summed E-state index contributed by atoms with van der Waals surface area (Å²) in [4.78, 5) is 40.0. The minimum absolute atomic E-state index is 0.0136. The van der Waals surface area contributed by atoms with Gasteiger partial charge in [0.05, 0.1) is 12.1 Å². The molecule has 0 amide bonds. The largest absolute Gasteiger partial charge is 0.459 e. The van der Waals surface area contributed by atoms with Gasteiger partial charge in [-0.25, -0.2) is 4.98 Å². The predicted octanol–water partition coefficient (Wildman–Crippen LogP) is 2.40. The van der Waals surface area contributed by atoms with Gasteiger partial charge in [-0.05, 0) is 12.1 Å². The summed E-state index contributed by atoms with van der Waals surface area (Å²) in [6, 6.07) is 15.3. The van der Waals surface area contributed by atoms with Crippen LogP contribution in [0, 0.1) is 0 Å². The molecule has 0 bridgehead atoms. The summed E-state index contributed by atoms with van der Waals surface area (Å²) in [6.45, 7) is -0.0982. The Hall–Kier alpha value is -3.28. The quantitative estimate of drug-likeness (QED) is 0.510. The smallest absolute Gasteiger partial charge is 0.306 e. The van der Waals surface area contributed by atoms with Crippen molar-refractivity contribution in [1.29, 1.82) is 0 Å². The molecule has 6 heteroatoms. The Morgan fingerprint density at radius 1 is 1.00 bits per heavy atom. The van der Waals surface area contributed by atoms with Crippen LogP contribution in [-0.2, 0) is 16.1 Å². The standard InChI is InChI=1S/C19H16N2O4/c22-16(14-6-2-1-3-7-14)9-10-19(24)25-13-15-12-18(23)21-11-5-4-8-17(21)20-15/h1-8,11-12H,9-10,13H2. The molecule has 126 valence electrons. The third-order valence-electron chi connectivity index (χ3n) is 3.66. The zero-order chi connectivity index (χ0) is 17.6. The first-order chi connectivity index (χ1) is 12.1. The van der Waals surface area contributed by atoms with Gasteiger partial charge in [-0.3, -0.25) is 18.8 Å². The number of aromatic nitrogens is 2. The molecule has 0 aliphatic heterocycles. The number of Topliss-reactive ketones (excluding diaryl/α,β-unsaturated/α-hetero) is 1. The second kappa shape index (κ2) is 7.53. The molecule has 0 fully saturated rings. The molecule has 1 aromatic carbocycles. The molecule has 0 radical (unpaired) electrons. The summed E-state index contributed by atoms with van der Waals surface area (Å²) < 4.78 is 6.52. The summed E-state index contributed by atoms with van der Waals surface area (Å²) >= 11 is 0. The Labute approximate surface area is 143 Å². The van der Waals surface area contributed by atoms with E-state index in [1.165, 1.54) is 10.5 Å². The molecule has 25 heavy (non-hydrogen) atoms. The third-order valence-corrected chi connectivity index (χ3v) is 3.66. The number of hydrogen-bond donors (Lipinski definition) is 0. The highest BCUT2D eigenvalue weighted by Gasteiger charge is 2.11. The van der Waals surface area contributed by atoms with Crippen molar-refractivity contribution >= 4 is 17.4 Å². The van der Waals surface area contributed by atoms with Crippen LogP contribution in [0.3, 0.4) is 0 Å². The molecular weight excluding hydrogens is 320 g/mol. The first-order valence-electron chi connectivity index (χ1n) is 7.85. The van der Waals surface area contributed by atoms with Crippen LogP contribution in [0.1, 0.15) is 28.9 Å². The lowest BCUT2D eigenvalue weighted by atomic mass is 10.1. The van der Waals surface area contributed by atoms with E-state index in [9.17, 15) is 14.4 Å². The number of esters is 1. The number of carbonyl (C=O) groups excluding carboxylic acids is 2. The van der Waals surface area contributed by atoms with E-state index in [1.54, 1.807) is 48.7 Å². The molecule has 0 saturated carbocycles. The Balaban J connectivity index is 1.56. The Morgan fingerprint density at radius 3 is 2.56 bits per heavy atom. The molecule has 3 rings (SSSR count). The van der Waals surface area contributed by atoms with E-state index in [0.717, 1.165) is 0 Å². The van der Waals surface area contributed by atoms with Crippen LogP contribution >= 0.6 is 0 Å². The minimum Gasteiger partial charge on any atom is -0.459 e. The number of nitrogens with zero attached hydrogens (tertiary/aromatic N) is 2.